The molecule has 1 aromatic carbocycles. The summed E-state index contributed by atoms with van der Waals surface area (Å²) in [7, 11) is 1.71. The van der Waals surface area contributed by atoms with Gasteiger partial charge in [0.05, 0.1) is 10.6 Å². The third-order valence-corrected chi connectivity index (χ3v) is 4.23. The van der Waals surface area contributed by atoms with Crippen LogP contribution in [0.15, 0.2) is 18.2 Å². The summed E-state index contributed by atoms with van der Waals surface area (Å²) in [5, 5.41) is 3.62. The largest absolute Gasteiger partial charge is 0.377 e. The van der Waals surface area contributed by atoms with Crippen molar-refractivity contribution in [3.8, 4) is 0 Å². The summed E-state index contributed by atoms with van der Waals surface area (Å²) in [5.41, 5.74) is 0.510. The first kappa shape index (κ1) is 16.4. The monoisotopic (exact) mass is 287 g/mol. The van der Waals surface area contributed by atoms with E-state index < -0.39 is 0 Å². The molecule has 1 aromatic rings. The first-order valence-electron chi connectivity index (χ1n) is 6.69. The summed E-state index contributed by atoms with van der Waals surface area (Å²) in [6.45, 7) is 7.02. The molecule has 0 aliphatic carbocycles. The number of ether oxygens (including phenoxy) is 1. The second-order valence-electron chi connectivity index (χ2n) is 4.90. The quantitative estimate of drug-likeness (QED) is 0.823. The fourth-order valence-corrected chi connectivity index (χ4v) is 2.41. The van der Waals surface area contributed by atoms with Gasteiger partial charge in [-0.05, 0) is 37.9 Å². The number of rotatable bonds is 7. The van der Waals surface area contributed by atoms with E-state index in [4.69, 9.17) is 16.3 Å². The minimum absolute atomic E-state index is 0.0896. The average Bonchev–Trinajstić information content (AvgIpc) is 2.42. The zero-order valence-electron chi connectivity index (χ0n) is 12.1. The summed E-state index contributed by atoms with van der Waals surface area (Å²) < 4.78 is 19.1. The third-order valence-electron chi connectivity index (χ3n) is 3.81. The van der Waals surface area contributed by atoms with Gasteiger partial charge in [-0.2, -0.15) is 0 Å². The molecule has 19 heavy (non-hydrogen) atoms. The molecule has 108 valence electrons. The maximum absolute atomic E-state index is 13.5. The first-order valence-corrected chi connectivity index (χ1v) is 7.07. The highest BCUT2D eigenvalue weighted by Gasteiger charge is 2.32. The van der Waals surface area contributed by atoms with Crippen molar-refractivity contribution in [1.29, 1.82) is 0 Å². The Labute approximate surface area is 120 Å². The molecule has 2 unspecified atom stereocenters. The van der Waals surface area contributed by atoms with Crippen molar-refractivity contribution < 1.29 is 9.13 Å². The number of hydrogen-bond donors (Lipinski definition) is 1. The molecule has 0 aromatic heterocycles. The van der Waals surface area contributed by atoms with E-state index in [9.17, 15) is 4.39 Å². The van der Waals surface area contributed by atoms with Gasteiger partial charge in [-0.15, -0.1) is 0 Å². The molecule has 1 N–H and O–H groups in total. The first-order chi connectivity index (χ1) is 8.98. The van der Waals surface area contributed by atoms with Crippen molar-refractivity contribution in [2.24, 2.45) is 0 Å². The van der Waals surface area contributed by atoms with Gasteiger partial charge in [0.2, 0.25) is 0 Å². The molecular weight excluding hydrogens is 265 g/mol. The molecule has 0 aliphatic heterocycles. The number of nitrogens with one attached hydrogen (secondary N) is 1. The van der Waals surface area contributed by atoms with Gasteiger partial charge in [-0.1, -0.05) is 37.6 Å². The molecule has 1 rings (SSSR count). The van der Waals surface area contributed by atoms with Gasteiger partial charge in [-0.25, -0.2) is 4.39 Å². The lowest BCUT2D eigenvalue weighted by atomic mass is 9.88. The number of methoxy groups -OCH3 is 1. The van der Waals surface area contributed by atoms with Gasteiger partial charge >= 0.3 is 0 Å². The van der Waals surface area contributed by atoms with Gasteiger partial charge in [0.1, 0.15) is 5.82 Å². The lowest BCUT2D eigenvalue weighted by molar-refractivity contribution is -0.0283. The fourth-order valence-electron chi connectivity index (χ4n) is 2.21. The Balaban J connectivity index is 2.98. The lowest BCUT2D eigenvalue weighted by Crippen LogP contribution is -2.51. The second kappa shape index (κ2) is 7.22. The van der Waals surface area contributed by atoms with Crippen LogP contribution in [0.1, 0.15) is 32.8 Å². The van der Waals surface area contributed by atoms with E-state index in [0.717, 1.165) is 18.5 Å². The number of halogens is 2. The molecule has 0 saturated heterocycles. The van der Waals surface area contributed by atoms with E-state index in [-0.39, 0.29) is 22.5 Å². The Morgan fingerprint density at radius 3 is 2.63 bits per heavy atom. The normalized spacial score (nSPS) is 16.1. The SMILES string of the molecule is CCNC(Cc1cccc(F)c1Cl)C(C)(CC)OC. The number of likely N-dealkylation sites (N-methyl/N-ethyl adjacent to an activating group) is 1. The van der Waals surface area contributed by atoms with Crippen molar-refractivity contribution in [3.63, 3.8) is 0 Å². The highest BCUT2D eigenvalue weighted by molar-refractivity contribution is 6.31. The van der Waals surface area contributed by atoms with Gasteiger partial charge in [0, 0.05) is 13.2 Å². The molecule has 0 heterocycles. The summed E-state index contributed by atoms with van der Waals surface area (Å²) in [4.78, 5) is 0. The van der Waals surface area contributed by atoms with Crippen LogP contribution in [0.3, 0.4) is 0 Å². The van der Waals surface area contributed by atoms with Crippen LogP contribution in [0.25, 0.3) is 0 Å². The standard InChI is InChI=1S/C15H23ClFNO/c1-5-15(3,19-4)13(18-6-2)10-11-8-7-9-12(17)14(11)16/h7-9,13,18H,5-6,10H2,1-4H3. The Morgan fingerprint density at radius 2 is 2.11 bits per heavy atom. The zero-order valence-corrected chi connectivity index (χ0v) is 12.9. The van der Waals surface area contributed by atoms with Crippen molar-refractivity contribution in [2.45, 2.75) is 45.3 Å². The summed E-state index contributed by atoms with van der Waals surface area (Å²) in [5.74, 6) is -0.370. The van der Waals surface area contributed by atoms with Crippen LogP contribution < -0.4 is 5.32 Å². The lowest BCUT2D eigenvalue weighted by Gasteiger charge is -2.36. The summed E-state index contributed by atoms with van der Waals surface area (Å²) in [6, 6.07) is 5.02. The van der Waals surface area contributed by atoms with Crippen LogP contribution in [-0.2, 0) is 11.2 Å². The van der Waals surface area contributed by atoms with E-state index in [2.05, 4.69) is 19.2 Å². The molecule has 2 nitrogen and oxygen atoms in total. The van der Waals surface area contributed by atoms with Crippen LogP contribution in [0.2, 0.25) is 5.02 Å². The Kier molecular flexibility index (Phi) is 6.24. The van der Waals surface area contributed by atoms with E-state index in [1.54, 1.807) is 13.2 Å². The Morgan fingerprint density at radius 1 is 1.42 bits per heavy atom. The van der Waals surface area contributed by atoms with Crippen molar-refractivity contribution in [2.75, 3.05) is 13.7 Å². The molecule has 0 amide bonds. The van der Waals surface area contributed by atoms with E-state index >= 15 is 0 Å². The topological polar surface area (TPSA) is 21.3 Å². The van der Waals surface area contributed by atoms with Gasteiger partial charge < -0.3 is 10.1 Å². The van der Waals surface area contributed by atoms with Crippen LogP contribution in [0.4, 0.5) is 4.39 Å². The van der Waals surface area contributed by atoms with Crippen LogP contribution in [0.5, 0.6) is 0 Å². The molecule has 0 spiro atoms. The third kappa shape index (κ3) is 3.91. The molecule has 0 aliphatic rings. The van der Waals surface area contributed by atoms with E-state index in [1.165, 1.54) is 6.07 Å². The smallest absolute Gasteiger partial charge is 0.142 e. The van der Waals surface area contributed by atoms with Crippen LogP contribution in [-0.4, -0.2) is 25.3 Å². The minimum Gasteiger partial charge on any atom is -0.377 e. The highest BCUT2D eigenvalue weighted by atomic mass is 35.5. The van der Waals surface area contributed by atoms with Gasteiger partial charge in [0.25, 0.3) is 0 Å². The van der Waals surface area contributed by atoms with E-state index in [0.29, 0.717) is 6.42 Å². The molecule has 0 radical (unpaired) electrons. The van der Waals surface area contributed by atoms with E-state index in [1.807, 2.05) is 13.0 Å². The predicted octanol–water partition coefficient (Wildman–Crippen LogP) is 3.81. The Bertz CT molecular complexity index is 407. The minimum atomic E-state index is -0.370. The van der Waals surface area contributed by atoms with Gasteiger partial charge in [0.15, 0.2) is 0 Å². The van der Waals surface area contributed by atoms with Crippen molar-refractivity contribution >= 4 is 11.6 Å². The zero-order chi connectivity index (χ0) is 14.5. The molecule has 0 bridgehead atoms. The highest BCUT2D eigenvalue weighted by Crippen LogP contribution is 2.26. The summed E-state index contributed by atoms with van der Waals surface area (Å²) >= 11 is 6.03. The molecular formula is C15H23ClFNO. The van der Waals surface area contributed by atoms with Crippen molar-refractivity contribution in [3.05, 3.63) is 34.6 Å². The Hall–Kier alpha value is -0.640. The number of benzene rings is 1. The predicted molar refractivity (Wildman–Crippen MR) is 78.3 cm³/mol. The van der Waals surface area contributed by atoms with Gasteiger partial charge in [-0.3, -0.25) is 0 Å². The molecule has 0 saturated carbocycles. The number of hydrogen-bond acceptors (Lipinski definition) is 2. The molecule has 2 atom stereocenters. The summed E-state index contributed by atoms with van der Waals surface area (Å²) in [6.07, 6.45) is 1.51. The fraction of sp³-hybridized carbons (Fsp3) is 0.600. The second-order valence-corrected chi connectivity index (χ2v) is 5.28. The van der Waals surface area contributed by atoms with Crippen LogP contribution in [0, 0.1) is 5.82 Å². The van der Waals surface area contributed by atoms with Crippen LogP contribution >= 0.6 is 11.6 Å². The van der Waals surface area contributed by atoms with Crippen molar-refractivity contribution in [1.82, 2.24) is 5.32 Å². The molecule has 0 fully saturated rings. The molecule has 4 heteroatoms. The maximum atomic E-state index is 13.5. The maximum Gasteiger partial charge on any atom is 0.142 e. The average molecular weight is 288 g/mol.